The van der Waals surface area contributed by atoms with Crippen molar-refractivity contribution in [3.63, 3.8) is 0 Å². The van der Waals surface area contributed by atoms with E-state index in [1.54, 1.807) is 13.1 Å². The monoisotopic (exact) mass is 475 g/mol. The minimum atomic E-state index is 0.00354. The van der Waals surface area contributed by atoms with Gasteiger partial charge in [0, 0.05) is 42.7 Å². The van der Waals surface area contributed by atoms with Crippen LogP contribution in [-0.4, -0.2) is 38.4 Å². The van der Waals surface area contributed by atoms with Crippen molar-refractivity contribution in [2.75, 3.05) is 11.9 Å². The van der Waals surface area contributed by atoms with Crippen molar-refractivity contribution < 1.29 is 9.53 Å². The lowest BCUT2D eigenvalue weighted by Crippen LogP contribution is -2.34. The summed E-state index contributed by atoms with van der Waals surface area (Å²) in [5.41, 5.74) is 5.60. The Labute approximate surface area is 203 Å². The molecule has 2 aromatic heterocycles. The summed E-state index contributed by atoms with van der Waals surface area (Å²) in [4.78, 5) is 26.2. The summed E-state index contributed by atoms with van der Waals surface area (Å²) >= 11 is 6.50. The molecule has 3 heterocycles. The van der Waals surface area contributed by atoms with Gasteiger partial charge < -0.3 is 19.9 Å². The van der Waals surface area contributed by atoms with Crippen molar-refractivity contribution in [1.82, 2.24) is 19.9 Å². The van der Waals surface area contributed by atoms with Crippen LogP contribution in [0.2, 0.25) is 5.02 Å². The molecule has 5 rings (SSSR count). The Morgan fingerprint density at radius 3 is 2.85 bits per heavy atom. The number of halogens is 1. The number of hydrogen-bond donors (Lipinski definition) is 2. The number of aromatic nitrogens is 3. The third-order valence-corrected chi connectivity index (χ3v) is 6.23. The van der Waals surface area contributed by atoms with Crippen LogP contribution in [0, 0.1) is 0 Å². The number of benzene rings is 2. The van der Waals surface area contributed by atoms with Crippen LogP contribution in [-0.2, 0) is 17.8 Å². The zero-order chi connectivity index (χ0) is 23.8. The highest BCUT2D eigenvalue weighted by atomic mass is 35.5. The summed E-state index contributed by atoms with van der Waals surface area (Å²) in [6.07, 6.45) is 4.31. The van der Waals surface area contributed by atoms with Gasteiger partial charge >= 0.3 is 0 Å². The number of nitrogens with one attached hydrogen (secondary N) is 2. The van der Waals surface area contributed by atoms with Crippen molar-refractivity contribution in [3.05, 3.63) is 64.9 Å². The van der Waals surface area contributed by atoms with Crippen molar-refractivity contribution in [2.24, 2.45) is 0 Å². The predicted molar refractivity (Wildman–Crippen MR) is 135 cm³/mol. The van der Waals surface area contributed by atoms with E-state index in [4.69, 9.17) is 21.3 Å². The number of carbonyl (C=O) groups excluding carboxylic acids is 1. The number of anilines is 2. The first-order valence-electron chi connectivity index (χ1n) is 11.3. The van der Waals surface area contributed by atoms with Gasteiger partial charge in [-0.3, -0.25) is 4.79 Å². The maximum absolute atomic E-state index is 11.9. The van der Waals surface area contributed by atoms with E-state index in [-0.39, 0.29) is 12.0 Å². The molecule has 0 spiro atoms. The zero-order valence-corrected chi connectivity index (χ0v) is 20.1. The van der Waals surface area contributed by atoms with Crippen LogP contribution in [0.1, 0.15) is 31.9 Å². The standard InChI is InChI=1S/C26H26ClN5O2/c1-15(2)34-24-11-17-8-9-32(16(3)33)14-18(17)10-23(24)30-26-29-13-21(27)25(31-26)20-12-28-22-7-5-4-6-19(20)22/h4-7,10-13,15,28H,8-9,14H2,1-3H3,(H,29,30,31). The Morgan fingerprint density at radius 2 is 2.06 bits per heavy atom. The maximum atomic E-state index is 11.9. The van der Waals surface area contributed by atoms with Crippen LogP contribution in [0.3, 0.4) is 0 Å². The Morgan fingerprint density at radius 1 is 1.24 bits per heavy atom. The molecule has 0 aliphatic carbocycles. The number of para-hydroxylation sites is 1. The average Bonchev–Trinajstić information content (AvgIpc) is 3.24. The SMILES string of the molecule is CC(=O)N1CCc2cc(OC(C)C)c(Nc3ncc(Cl)c(-c4c[nH]c5ccccc45)n3)cc2C1. The zero-order valence-electron chi connectivity index (χ0n) is 19.4. The lowest BCUT2D eigenvalue weighted by molar-refractivity contribution is -0.129. The Bertz CT molecular complexity index is 1380. The van der Waals surface area contributed by atoms with Gasteiger partial charge in [-0.15, -0.1) is 0 Å². The van der Waals surface area contributed by atoms with Crippen LogP contribution < -0.4 is 10.1 Å². The van der Waals surface area contributed by atoms with E-state index in [1.807, 2.05) is 55.3 Å². The van der Waals surface area contributed by atoms with Crippen LogP contribution in [0.4, 0.5) is 11.6 Å². The van der Waals surface area contributed by atoms with Crippen LogP contribution in [0.25, 0.3) is 22.2 Å². The molecule has 0 saturated heterocycles. The molecule has 2 N–H and O–H groups in total. The van der Waals surface area contributed by atoms with E-state index < -0.39 is 0 Å². The third kappa shape index (κ3) is 4.31. The molecule has 1 aliphatic rings. The fourth-order valence-electron chi connectivity index (χ4n) is 4.31. The van der Waals surface area contributed by atoms with Gasteiger partial charge in [0.05, 0.1) is 28.7 Å². The molecule has 0 saturated carbocycles. The van der Waals surface area contributed by atoms with E-state index in [2.05, 4.69) is 21.4 Å². The lowest BCUT2D eigenvalue weighted by Gasteiger charge is -2.29. The van der Waals surface area contributed by atoms with Crippen molar-refractivity contribution in [1.29, 1.82) is 0 Å². The van der Waals surface area contributed by atoms with Gasteiger partial charge in [-0.1, -0.05) is 29.8 Å². The number of ether oxygens (including phenoxy) is 1. The van der Waals surface area contributed by atoms with E-state index in [1.165, 1.54) is 5.56 Å². The Balaban J connectivity index is 1.53. The molecule has 4 aromatic rings. The van der Waals surface area contributed by atoms with E-state index >= 15 is 0 Å². The second kappa shape index (κ2) is 8.99. The Kier molecular flexibility index (Phi) is 5.87. The second-order valence-electron chi connectivity index (χ2n) is 8.74. The molecular weight excluding hydrogens is 450 g/mol. The largest absolute Gasteiger partial charge is 0.489 e. The average molecular weight is 476 g/mol. The van der Waals surface area contributed by atoms with Gasteiger partial charge in [0.25, 0.3) is 0 Å². The normalized spacial score (nSPS) is 13.3. The maximum Gasteiger partial charge on any atom is 0.227 e. The first kappa shape index (κ1) is 22.2. The van der Waals surface area contributed by atoms with Gasteiger partial charge in [-0.2, -0.15) is 0 Å². The summed E-state index contributed by atoms with van der Waals surface area (Å²) in [6.45, 7) is 6.88. The van der Waals surface area contributed by atoms with Gasteiger partial charge in [0.1, 0.15) is 5.75 Å². The summed E-state index contributed by atoms with van der Waals surface area (Å²) < 4.78 is 6.11. The lowest BCUT2D eigenvalue weighted by atomic mass is 9.98. The number of rotatable bonds is 5. The summed E-state index contributed by atoms with van der Waals surface area (Å²) in [6, 6.07) is 12.1. The number of fused-ring (bicyclic) bond motifs is 2. The topological polar surface area (TPSA) is 83.1 Å². The minimum Gasteiger partial charge on any atom is -0.489 e. The highest BCUT2D eigenvalue weighted by molar-refractivity contribution is 6.33. The van der Waals surface area contributed by atoms with Crippen LogP contribution in [0.15, 0.2) is 48.8 Å². The molecule has 0 radical (unpaired) electrons. The molecule has 0 bridgehead atoms. The van der Waals surface area contributed by atoms with Gasteiger partial charge in [0.15, 0.2) is 0 Å². The van der Waals surface area contributed by atoms with Crippen molar-refractivity contribution >= 4 is 40.0 Å². The first-order valence-corrected chi connectivity index (χ1v) is 11.7. The molecule has 1 amide bonds. The molecule has 2 aromatic carbocycles. The molecule has 8 heteroatoms. The minimum absolute atomic E-state index is 0.00354. The fourth-order valence-corrected chi connectivity index (χ4v) is 4.50. The number of nitrogens with zero attached hydrogens (tertiary/aromatic N) is 3. The molecule has 0 atom stereocenters. The number of carbonyl (C=O) groups is 1. The van der Waals surface area contributed by atoms with Crippen LogP contribution >= 0.6 is 11.6 Å². The summed E-state index contributed by atoms with van der Waals surface area (Å²) in [5, 5.41) is 4.84. The van der Waals surface area contributed by atoms with Crippen molar-refractivity contribution in [3.8, 4) is 17.0 Å². The Hall–Kier alpha value is -3.58. The van der Waals surface area contributed by atoms with Gasteiger partial charge in [0.2, 0.25) is 11.9 Å². The predicted octanol–water partition coefficient (Wildman–Crippen LogP) is 5.71. The van der Waals surface area contributed by atoms with Crippen molar-refractivity contribution in [2.45, 2.75) is 39.8 Å². The molecule has 7 nitrogen and oxygen atoms in total. The molecular formula is C26H26ClN5O2. The summed E-state index contributed by atoms with van der Waals surface area (Å²) in [7, 11) is 0. The highest BCUT2D eigenvalue weighted by Crippen LogP contribution is 2.36. The van der Waals surface area contributed by atoms with E-state index in [9.17, 15) is 4.79 Å². The number of aromatic amines is 1. The third-order valence-electron chi connectivity index (χ3n) is 5.96. The number of H-pyrrole nitrogens is 1. The quantitative estimate of drug-likeness (QED) is 0.386. The number of amides is 1. The van der Waals surface area contributed by atoms with Crippen LogP contribution in [0.5, 0.6) is 5.75 Å². The first-order chi connectivity index (χ1) is 16.4. The number of hydrogen-bond acceptors (Lipinski definition) is 5. The molecule has 174 valence electrons. The molecule has 0 fully saturated rings. The van der Waals surface area contributed by atoms with Gasteiger partial charge in [-0.05, 0) is 49.6 Å². The highest BCUT2D eigenvalue weighted by Gasteiger charge is 2.22. The van der Waals surface area contributed by atoms with E-state index in [0.29, 0.717) is 29.8 Å². The van der Waals surface area contributed by atoms with E-state index in [0.717, 1.165) is 39.9 Å². The molecule has 1 aliphatic heterocycles. The smallest absolute Gasteiger partial charge is 0.227 e. The van der Waals surface area contributed by atoms with Gasteiger partial charge in [-0.25, -0.2) is 9.97 Å². The molecule has 0 unspecified atom stereocenters. The summed E-state index contributed by atoms with van der Waals surface area (Å²) in [5.74, 6) is 1.22. The molecule has 34 heavy (non-hydrogen) atoms. The second-order valence-corrected chi connectivity index (χ2v) is 9.14. The fraction of sp³-hybridized carbons (Fsp3) is 0.269.